The zero-order chi connectivity index (χ0) is 28.2. The molecule has 0 N–H and O–H groups in total. The molecule has 1 fully saturated rings. The van der Waals surface area contributed by atoms with Gasteiger partial charge >= 0.3 is 0 Å². The second-order valence-corrected chi connectivity index (χ2v) is 10.6. The highest BCUT2D eigenvalue weighted by atomic mass is 19.1. The number of pyridine rings is 2. The van der Waals surface area contributed by atoms with Crippen LogP contribution in [0.4, 0.5) is 8.78 Å². The highest BCUT2D eigenvalue weighted by molar-refractivity contribution is 6.16. The molecule has 0 aliphatic carbocycles. The van der Waals surface area contributed by atoms with Crippen LogP contribution in [0.2, 0.25) is 0 Å². The Morgan fingerprint density at radius 1 is 0.780 bits per heavy atom. The number of amidine groups is 1. The molecule has 0 unspecified atom stereocenters. The average molecular weight is 552 g/mol. The molecule has 2 aromatic heterocycles. The van der Waals surface area contributed by atoms with Crippen molar-refractivity contribution in [1.29, 1.82) is 0 Å². The fourth-order valence-electron chi connectivity index (χ4n) is 5.96. The van der Waals surface area contributed by atoms with Gasteiger partial charge in [-0.3, -0.25) is 19.7 Å². The molecule has 2 aliphatic rings. The Morgan fingerprint density at radius 2 is 1.41 bits per heavy atom. The summed E-state index contributed by atoms with van der Waals surface area (Å²) in [5.74, 6) is -0.0726. The third-order valence-corrected chi connectivity index (χ3v) is 8.12. The molecule has 41 heavy (non-hydrogen) atoms. The Kier molecular flexibility index (Phi) is 7.65. The molecule has 0 bridgehead atoms. The van der Waals surface area contributed by atoms with Crippen LogP contribution in [-0.4, -0.2) is 57.7 Å². The number of aromatic nitrogens is 2. The van der Waals surface area contributed by atoms with Crippen LogP contribution in [0.5, 0.6) is 0 Å². The second-order valence-electron chi connectivity index (χ2n) is 10.6. The lowest BCUT2D eigenvalue weighted by molar-refractivity contribution is -0.130. The van der Waals surface area contributed by atoms with Crippen molar-refractivity contribution in [2.24, 2.45) is 4.99 Å². The minimum atomic E-state index is -1.48. The zero-order valence-corrected chi connectivity index (χ0v) is 22.7. The van der Waals surface area contributed by atoms with E-state index in [1.54, 1.807) is 35.4 Å². The van der Waals surface area contributed by atoms with E-state index in [2.05, 4.69) is 27.0 Å². The van der Waals surface area contributed by atoms with Gasteiger partial charge < -0.3 is 4.90 Å². The molecule has 0 saturated carbocycles. The molecule has 6 nitrogen and oxygen atoms in total. The Hall–Kier alpha value is -4.30. The molecule has 6 rings (SSSR count). The van der Waals surface area contributed by atoms with Crippen LogP contribution in [-0.2, 0) is 10.3 Å². The van der Waals surface area contributed by atoms with E-state index < -0.39 is 17.2 Å². The Balaban J connectivity index is 1.26. The van der Waals surface area contributed by atoms with Crippen LogP contribution in [0.15, 0.2) is 102 Å². The standard InChI is InChI=1S/C33H31F2N5O/c34-28-9-5-26(6-10-28)33(27-7-11-29(35)12-8-27)32(41)40(31(38-33)30-4-1-2-17-37-30)21-3-20-39-22-15-25(16-23-39)24-13-18-36-19-14-24/h1-2,4-14,17-19,25H,3,15-16,20-23H2. The minimum absolute atomic E-state index is 0.257. The number of carbonyl (C=O) groups excluding carboxylic acids is 1. The highest BCUT2D eigenvalue weighted by Crippen LogP contribution is 2.41. The normalized spacial score (nSPS) is 17.6. The molecule has 8 heteroatoms. The SMILES string of the molecule is O=C1N(CCCN2CCC(c3ccncc3)CC2)C(c2ccccn2)=NC1(c1ccc(F)cc1)c1ccc(F)cc1. The van der Waals surface area contributed by atoms with E-state index in [1.807, 2.05) is 30.6 Å². The average Bonchev–Trinajstić information content (AvgIpc) is 3.32. The summed E-state index contributed by atoms with van der Waals surface area (Å²) >= 11 is 0. The van der Waals surface area contributed by atoms with Gasteiger partial charge in [0.25, 0.3) is 5.91 Å². The van der Waals surface area contributed by atoms with Crippen LogP contribution in [0, 0.1) is 11.6 Å². The maximum atomic E-state index is 14.4. The summed E-state index contributed by atoms with van der Waals surface area (Å²) in [6.45, 7) is 3.29. The van der Waals surface area contributed by atoms with Crippen LogP contribution in [0.3, 0.4) is 0 Å². The molecular formula is C33H31F2N5O. The van der Waals surface area contributed by atoms with Gasteiger partial charge in [0.05, 0.1) is 0 Å². The Labute approximate surface area is 238 Å². The van der Waals surface area contributed by atoms with E-state index >= 15 is 0 Å². The summed E-state index contributed by atoms with van der Waals surface area (Å²) in [6, 6.07) is 21.3. The van der Waals surface area contributed by atoms with Gasteiger partial charge in [-0.1, -0.05) is 30.3 Å². The molecule has 1 amide bonds. The quantitative estimate of drug-likeness (QED) is 0.288. The van der Waals surface area contributed by atoms with E-state index in [0.29, 0.717) is 35.1 Å². The Bertz CT molecular complexity index is 1460. The van der Waals surface area contributed by atoms with E-state index in [4.69, 9.17) is 4.99 Å². The first-order valence-corrected chi connectivity index (χ1v) is 14.0. The first-order valence-electron chi connectivity index (χ1n) is 14.0. The van der Waals surface area contributed by atoms with Crippen molar-refractivity contribution < 1.29 is 13.6 Å². The molecule has 1 saturated heterocycles. The first-order chi connectivity index (χ1) is 20.0. The number of rotatable bonds is 8. The molecule has 0 spiro atoms. The molecule has 2 aliphatic heterocycles. The van der Waals surface area contributed by atoms with Gasteiger partial charge in [0.1, 0.15) is 17.3 Å². The summed E-state index contributed by atoms with van der Waals surface area (Å²) in [7, 11) is 0. The van der Waals surface area contributed by atoms with Crippen molar-refractivity contribution in [3.8, 4) is 0 Å². The van der Waals surface area contributed by atoms with Gasteiger partial charge in [0.2, 0.25) is 0 Å². The van der Waals surface area contributed by atoms with Crippen molar-refractivity contribution in [1.82, 2.24) is 19.8 Å². The van der Waals surface area contributed by atoms with Crippen LogP contribution >= 0.6 is 0 Å². The number of carbonyl (C=O) groups is 1. The topological polar surface area (TPSA) is 61.7 Å². The number of amides is 1. The van der Waals surface area contributed by atoms with Crippen molar-refractivity contribution in [2.45, 2.75) is 30.7 Å². The molecule has 4 heterocycles. The van der Waals surface area contributed by atoms with Crippen LogP contribution in [0.1, 0.15) is 47.6 Å². The van der Waals surface area contributed by atoms with Crippen LogP contribution in [0.25, 0.3) is 0 Å². The highest BCUT2D eigenvalue weighted by Gasteiger charge is 2.51. The fraction of sp³-hybridized carbons (Fsp3) is 0.273. The van der Waals surface area contributed by atoms with E-state index in [1.165, 1.54) is 29.8 Å². The zero-order valence-electron chi connectivity index (χ0n) is 22.7. The summed E-state index contributed by atoms with van der Waals surface area (Å²) in [5.41, 5.74) is 1.48. The predicted molar refractivity (Wildman–Crippen MR) is 153 cm³/mol. The molecule has 2 aromatic carbocycles. The molecular weight excluding hydrogens is 520 g/mol. The lowest BCUT2D eigenvalue weighted by Gasteiger charge is -2.32. The third-order valence-electron chi connectivity index (χ3n) is 8.12. The van der Waals surface area contributed by atoms with E-state index in [9.17, 15) is 13.6 Å². The summed E-state index contributed by atoms with van der Waals surface area (Å²) in [4.78, 5) is 32.2. The van der Waals surface area contributed by atoms with E-state index in [0.717, 1.165) is 38.9 Å². The van der Waals surface area contributed by atoms with Crippen molar-refractivity contribution in [2.75, 3.05) is 26.2 Å². The lowest BCUT2D eigenvalue weighted by Crippen LogP contribution is -2.43. The maximum absolute atomic E-state index is 14.4. The van der Waals surface area contributed by atoms with Crippen molar-refractivity contribution in [3.63, 3.8) is 0 Å². The fourth-order valence-corrected chi connectivity index (χ4v) is 5.96. The first kappa shape index (κ1) is 26.9. The number of halogens is 2. The third kappa shape index (κ3) is 5.39. The minimum Gasteiger partial charge on any atom is -0.303 e. The number of hydrogen-bond donors (Lipinski definition) is 0. The maximum Gasteiger partial charge on any atom is 0.265 e. The number of aliphatic imine (C=N–C) groups is 1. The number of likely N-dealkylation sites (tertiary alicyclic amines) is 1. The number of nitrogens with zero attached hydrogens (tertiary/aromatic N) is 5. The molecule has 208 valence electrons. The second kappa shape index (κ2) is 11.7. The van der Waals surface area contributed by atoms with Gasteiger partial charge in [0, 0.05) is 25.1 Å². The van der Waals surface area contributed by atoms with Crippen molar-refractivity contribution >= 4 is 11.7 Å². The van der Waals surface area contributed by atoms with Gasteiger partial charge in [0.15, 0.2) is 11.4 Å². The largest absolute Gasteiger partial charge is 0.303 e. The van der Waals surface area contributed by atoms with Gasteiger partial charge in [-0.2, -0.15) is 0 Å². The summed E-state index contributed by atoms with van der Waals surface area (Å²) in [5, 5.41) is 0. The number of piperidine rings is 1. The van der Waals surface area contributed by atoms with Gasteiger partial charge in [-0.25, -0.2) is 13.8 Å². The molecule has 4 aromatic rings. The number of hydrogen-bond acceptors (Lipinski definition) is 5. The molecule has 0 atom stereocenters. The smallest absolute Gasteiger partial charge is 0.265 e. The number of benzene rings is 2. The van der Waals surface area contributed by atoms with Crippen molar-refractivity contribution in [3.05, 3.63) is 131 Å². The van der Waals surface area contributed by atoms with Gasteiger partial charge in [-0.15, -0.1) is 0 Å². The Morgan fingerprint density at radius 3 is 2.00 bits per heavy atom. The lowest BCUT2D eigenvalue weighted by atomic mass is 9.82. The van der Waals surface area contributed by atoms with Gasteiger partial charge in [-0.05, 0) is 110 Å². The van der Waals surface area contributed by atoms with E-state index in [-0.39, 0.29) is 5.91 Å². The predicted octanol–water partition coefficient (Wildman–Crippen LogP) is 5.56. The summed E-state index contributed by atoms with van der Waals surface area (Å²) < 4.78 is 27.9. The monoisotopic (exact) mass is 551 g/mol. The van der Waals surface area contributed by atoms with Crippen LogP contribution < -0.4 is 0 Å². The summed E-state index contributed by atoms with van der Waals surface area (Å²) in [6.07, 6.45) is 8.31. The molecule has 0 radical (unpaired) electrons.